The van der Waals surface area contributed by atoms with Crippen molar-refractivity contribution in [1.82, 2.24) is 25.5 Å². The molecule has 0 fully saturated rings. The van der Waals surface area contributed by atoms with Gasteiger partial charge in [0.15, 0.2) is 0 Å². The number of carbonyl (C=O) groups excluding carboxylic acids is 2. The smallest absolute Gasteiger partial charge is 0.252 e. The summed E-state index contributed by atoms with van der Waals surface area (Å²) in [5.41, 5.74) is 9.72. The highest BCUT2D eigenvalue weighted by molar-refractivity contribution is 6.02. The minimum Gasteiger partial charge on any atom is -0.368 e. The lowest BCUT2D eigenvalue weighted by Crippen LogP contribution is -2.46. The van der Waals surface area contributed by atoms with E-state index >= 15 is 0 Å². The molecule has 0 saturated heterocycles. The Hall–Kier alpha value is -4.20. The van der Waals surface area contributed by atoms with Crippen LogP contribution in [0.4, 0.5) is 0 Å². The molecular formula is C22H20N6O2. The summed E-state index contributed by atoms with van der Waals surface area (Å²) in [4.78, 5) is 31.7. The molecule has 5 N–H and O–H groups in total. The van der Waals surface area contributed by atoms with E-state index in [1.54, 1.807) is 18.3 Å². The number of amides is 2. The second-order valence-electron chi connectivity index (χ2n) is 6.79. The fourth-order valence-corrected chi connectivity index (χ4v) is 3.21. The molecule has 0 radical (unpaired) electrons. The van der Waals surface area contributed by atoms with Crippen LogP contribution in [0.1, 0.15) is 16.1 Å². The molecule has 0 aliphatic carbocycles. The van der Waals surface area contributed by atoms with Gasteiger partial charge in [0.25, 0.3) is 5.91 Å². The first-order chi connectivity index (χ1) is 14.6. The Morgan fingerprint density at radius 1 is 1.07 bits per heavy atom. The molecular weight excluding hydrogens is 380 g/mol. The van der Waals surface area contributed by atoms with Gasteiger partial charge in [-0.15, -0.1) is 0 Å². The zero-order valence-electron chi connectivity index (χ0n) is 16.0. The maximum atomic E-state index is 13.0. The lowest BCUT2D eigenvalue weighted by Gasteiger charge is -2.16. The van der Waals surface area contributed by atoms with Crippen molar-refractivity contribution in [2.45, 2.75) is 12.5 Å². The van der Waals surface area contributed by atoms with Crippen LogP contribution >= 0.6 is 0 Å². The van der Waals surface area contributed by atoms with Gasteiger partial charge >= 0.3 is 0 Å². The first-order valence-corrected chi connectivity index (χ1v) is 9.39. The molecule has 4 aromatic rings. The number of carbonyl (C=O) groups is 2. The highest BCUT2D eigenvalue weighted by Gasteiger charge is 2.22. The highest BCUT2D eigenvalue weighted by atomic mass is 16.2. The zero-order chi connectivity index (χ0) is 20.9. The van der Waals surface area contributed by atoms with Crippen molar-refractivity contribution in [3.8, 4) is 22.5 Å². The maximum Gasteiger partial charge on any atom is 0.252 e. The van der Waals surface area contributed by atoms with Crippen LogP contribution in [0.3, 0.4) is 0 Å². The van der Waals surface area contributed by atoms with Crippen molar-refractivity contribution in [3.05, 3.63) is 84.4 Å². The van der Waals surface area contributed by atoms with E-state index in [1.807, 2.05) is 48.5 Å². The predicted molar refractivity (Wildman–Crippen MR) is 112 cm³/mol. The van der Waals surface area contributed by atoms with E-state index in [4.69, 9.17) is 5.73 Å². The lowest BCUT2D eigenvalue weighted by molar-refractivity contribution is -0.119. The average molecular weight is 400 g/mol. The van der Waals surface area contributed by atoms with Crippen molar-refractivity contribution < 1.29 is 9.59 Å². The summed E-state index contributed by atoms with van der Waals surface area (Å²) in [6.45, 7) is 0. The number of hydrogen-bond acceptors (Lipinski definition) is 4. The number of imidazole rings is 1. The molecule has 8 heteroatoms. The normalized spacial score (nSPS) is 11.7. The van der Waals surface area contributed by atoms with Crippen LogP contribution < -0.4 is 11.1 Å². The summed E-state index contributed by atoms with van der Waals surface area (Å²) in [5.74, 6) is -1.02. The van der Waals surface area contributed by atoms with Crippen LogP contribution in [0, 0.1) is 0 Å². The molecule has 0 unspecified atom stereocenters. The third-order valence-electron chi connectivity index (χ3n) is 4.74. The van der Waals surface area contributed by atoms with Gasteiger partial charge in [-0.05, 0) is 12.1 Å². The van der Waals surface area contributed by atoms with Gasteiger partial charge in [0, 0.05) is 35.0 Å². The molecule has 30 heavy (non-hydrogen) atoms. The molecule has 8 nitrogen and oxygen atoms in total. The molecule has 0 aliphatic rings. The van der Waals surface area contributed by atoms with Gasteiger partial charge in [-0.25, -0.2) is 4.98 Å². The molecule has 2 aromatic heterocycles. The minimum atomic E-state index is -0.868. The molecule has 4 rings (SSSR count). The van der Waals surface area contributed by atoms with Crippen LogP contribution in [-0.2, 0) is 11.2 Å². The largest absolute Gasteiger partial charge is 0.368 e. The Labute approximate surface area is 172 Å². The fourth-order valence-electron chi connectivity index (χ4n) is 3.21. The van der Waals surface area contributed by atoms with E-state index in [9.17, 15) is 9.59 Å². The van der Waals surface area contributed by atoms with E-state index in [-0.39, 0.29) is 6.42 Å². The van der Waals surface area contributed by atoms with Crippen molar-refractivity contribution in [1.29, 1.82) is 0 Å². The van der Waals surface area contributed by atoms with Crippen molar-refractivity contribution >= 4 is 11.8 Å². The number of nitrogens with zero attached hydrogens (tertiary/aromatic N) is 2. The number of hydrogen-bond donors (Lipinski definition) is 4. The standard InChI is InChI=1S/C22H20N6O2/c23-21(29)20(10-15-12-24-13-25-15)26-22(30)17-9-5-4-8-16(17)19-11-18(27-28-19)14-6-2-1-3-7-14/h1-9,11-13,20H,10H2,(H2,23,29)(H,24,25)(H,26,30)(H,27,28)/t20-/m0/s1. The van der Waals surface area contributed by atoms with Gasteiger partial charge in [-0.2, -0.15) is 5.10 Å². The van der Waals surface area contributed by atoms with Gasteiger partial charge in [-0.1, -0.05) is 48.5 Å². The quantitative estimate of drug-likeness (QED) is 0.379. The molecule has 2 amide bonds. The van der Waals surface area contributed by atoms with Crippen molar-refractivity contribution in [2.24, 2.45) is 5.73 Å². The van der Waals surface area contributed by atoms with E-state index < -0.39 is 17.9 Å². The highest BCUT2D eigenvalue weighted by Crippen LogP contribution is 2.26. The summed E-state index contributed by atoms with van der Waals surface area (Å²) in [6, 6.07) is 17.9. The molecule has 1 atom stereocenters. The van der Waals surface area contributed by atoms with Crippen LogP contribution in [0.25, 0.3) is 22.5 Å². The second kappa shape index (κ2) is 8.44. The molecule has 0 aliphatic heterocycles. The molecule has 0 bridgehead atoms. The van der Waals surface area contributed by atoms with E-state index in [0.29, 0.717) is 22.5 Å². The molecule has 0 saturated carbocycles. The Bertz CT molecular complexity index is 1150. The molecule has 150 valence electrons. The first-order valence-electron chi connectivity index (χ1n) is 9.39. The fraction of sp³-hybridized carbons (Fsp3) is 0.0909. The first kappa shape index (κ1) is 19.1. The number of primary amides is 1. The Morgan fingerprint density at radius 3 is 2.57 bits per heavy atom. The van der Waals surface area contributed by atoms with Gasteiger partial charge < -0.3 is 16.0 Å². The summed E-state index contributed by atoms with van der Waals surface area (Å²) in [6.07, 6.45) is 3.32. The predicted octanol–water partition coefficient (Wildman–Crippen LogP) is 2.29. The van der Waals surface area contributed by atoms with Crippen LogP contribution in [0.15, 0.2) is 73.2 Å². The second-order valence-corrected chi connectivity index (χ2v) is 6.79. The Balaban J connectivity index is 1.59. The third-order valence-corrected chi connectivity index (χ3v) is 4.74. The number of aromatic nitrogens is 4. The minimum absolute atomic E-state index is 0.228. The summed E-state index contributed by atoms with van der Waals surface area (Å²) in [5, 5.41) is 10.1. The monoisotopic (exact) mass is 400 g/mol. The van der Waals surface area contributed by atoms with Crippen molar-refractivity contribution in [2.75, 3.05) is 0 Å². The van der Waals surface area contributed by atoms with Gasteiger partial charge in [0.1, 0.15) is 6.04 Å². The number of nitrogens with one attached hydrogen (secondary N) is 3. The van der Waals surface area contributed by atoms with Gasteiger partial charge in [0.05, 0.1) is 17.7 Å². The lowest BCUT2D eigenvalue weighted by atomic mass is 10.0. The maximum absolute atomic E-state index is 13.0. The zero-order valence-corrected chi connectivity index (χ0v) is 16.0. The van der Waals surface area contributed by atoms with E-state index in [2.05, 4.69) is 25.5 Å². The summed E-state index contributed by atoms with van der Waals surface area (Å²) >= 11 is 0. The average Bonchev–Trinajstić information content (AvgIpc) is 3.46. The number of H-pyrrole nitrogens is 2. The van der Waals surface area contributed by atoms with Gasteiger partial charge in [-0.3, -0.25) is 14.7 Å². The number of benzene rings is 2. The van der Waals surface area contributed by atoms with Gasteiger partial charge in [0.2, 0.25) is 5.91 Å². The molecule has 0 spiro atoms. The van der Waals surface area contributed by atoms with E-state index in [0.717, 1.165) is 11.3 Å². The topological polar surface area (TPSA) is 130 Å². The van der Waals surface area contributed by atoms with E-state index in [1.165, 1.54) is 6.33 Å². The number of aromatic amines is 2. The summed E-state index contributed by atoms with van der Waals surface area (Å²) in [7, 11) is 0. The molecule has 2 aromatic carbocycles. The number of rotatable bonds is 7. The Morgan fingerprint density at radius 2 is 1.83 bits per heavy atom. The van der Waals surface area contributed by atoms with Crippen molar-refractivity contribution in [3.63, 3.8) is 0 Å². The SMILES string of the molecule is NC(=O)[C@H](Cc1cnc[nH]1)NC(=O)c1ccccc1-c1cc(-c2ccccc2)n[nH]1. The number of nitrogens with two attached hydrogens (primary N) is 1. The third kappa shape index (κ3) is 4.12. The van der Waals surface area contributed by atoms with Crippen LogP contribution in [0.5, 0.6) is 0 Å². The van der Waals surface area contributed by atoms with Crippen LogP contribution in [-0.4, -0.2) is 38.0 Å². The Kier molecular flexibility index (Phi) is 5.38. The molecule has 2 heterocycles. The summed E-state index contributed by atoms with van der Waals surface area (Å²) < 4.78 is 0. The van der Waals surface area contributed by atoms with Crippen LogP contribution in [0.2, 0.25) is 0 Å².